The van der Waals surface area contributed by atoms with E-state index in [9.17, 15) is 19.5 Å². The minimum absolute atomic E-state index is 0.126. The Hall–Kier alpha value is -4.91. The number of aromatic hydroxyl groups is 1. The highest BCUT2D eigenvalue weighted by Crippen LogP contribution is 2.36. The lowest BCUT2D eigenvalue weighted by atomic mass is 10.0. The number of nitrogens with two attached hydrogens (primary N) is 1. The van der Waals surface area contributed by atoms with Gasteiger partial charge < -0.3 is 30.5 Å². The third kappa shape index (κ3) is 6.14. The van der Waals surface area contributed by atoms with Gasteiger partial charge >= 0.3 is 0 Å². The number of amides is 2. The SMILES string of the molecule is CC1CN(C)CCN1c1cc(NC(=O)Cn2cc(-c3cc(Cl)c(O)c(C(N)=O)c3)c3c(=O)n(C)c(-c4ccccc4)nc32)c(Cl)cn1. The summed E-state index contributed by atoms with van der Waals surface area (Å²) >= 11 is 12.7. The smallest absolute Gasteiger partial charge is 0.263 e. The quantitative estimate of drug-likeness (QED) is 0.230. The first-order valence-corrected chi connectivity index (χ1v) is 15.6. The van der Waals surface area contributed by atoms with Gasteiger partial charge in [0.25, 0.3) is 11.5 Å². The number of pyridine rings is 1. The van der Waals surface area contributed by atoms with E-state index in [0.717, 1.165) is 19.6 Å². The van der Waals surface area contributed by atoms with Gasteiger partial charge in [-0.15, -0.1) is 0 Å². The van der Waals surface area contributed by atoms with E-state index in [2.05, 4.69) is 34.1 Å². The van der Waals surface area contributed by atoms with E-state index >= 15 is 0 Å². The van der Waals surface area contributed by atoms with Gasteiger partial charge in [0.15, 0.2) is 0 Å². The zero-order valence-electron chi connectivity index (χ0n) is 25.9. The fourth-order valence-corrected chi connectivity index (χ4v) is 6.32. The number of aromatic nitrogens is 4. The molecule has 0 bridgehead atoms. The number of phenols is 1. The molecular formula is C33H32Cl2N8O4. The number of nitrogens with zero attached hydrogens (tertiary/aromatic N) is 6. The average molecular weight is 676 g/mol. The first-order chi connectivity index (χ1) is 22.4. The molecule has 14 heteroatoms. The Morgan fingerprint density at radius 3 is 2.51 bits per heavy atom. The Balaban J connectivity index is 1.43. The molecule has 242 valence electrons. The van der Waals surface area contributed by atoms with Crippen LogP contribution in [0.2, 0.25) is 10.0 Å². The number of primary amides is 1. The minimum atomic E-state index is -0.897. The summed E-state index contributed by atoms with van der Waals surface area (Å²) in [7, 11) is 3.68. The van der Waals surface area contributed by atoms with Crippen molar-refractivity contribution in [3.8, 4) is 28.3 Å². The molecule has 47 heavy (non-hydrogen) atoms. The molecule has 0 aliphatic carbocycles. The first-order valence-electron chi connectivity index (χ1n) is 14.8. The van der Waals surface area contributed by atoms with Crippen LogP contribution in [0.1, 0.15) is 17.3 Å². The molecule has 1 saturated heterocycles. The summed E-state index contributed by atoms with van der Waals surface area (Å²) in [6.07, 6.45) is 3.11. The third-order valence-corrected chi connectivity index (χ3v) is 8.91. The molecule has 6 rings (SSSR count). The number of carbonyl (C=O) groups is 2. The highest BCUT2D eigenvalue weighted by molar-refractivity contribution is 6.34. The van der Waals surface area contributed by atoms with E-state index in [1.165, 1.54) is 22.9 Å². The molecule has 4 heterocycles. The van der Waals surface area contributed by atoms with E-state index in [-0.39, 0.29) is 39.2 Å². The summed E-state index contributed by atoms with van der Waals surface area (Å²) in [5.41, 5.74) is 6.90. The number of hydrogen-bond acceptors (Lipinski definition) is 8. The van der Waals surface area contributed by atoms with Crippen LogP contribution in [-0.2, 0) is 18.4 Å². The zero-order valence-corrected chi connectivity index (χ0v) is 27.4. The van der Waals surface area contributed by atoms with E-state index < -0.39 is 23.1 Å². The Morgan fingerprint density at radius 2 is 1.81 bits per heavy atom. The number of piperazine rings is 1. The van der Waals surface area contributed by atoms with Crippen LogP contribution in [0.15, 0.2) is 65.7 Å². The summed E-state index contributed by atoms with van der Waals surface area (Å²) in [5, 5.41) is 13.6. The van der Waals surface area contributed by atoms with Gasteiger partial charge in [-0.05, 0) is 31.7 Å². The maximum absolute atomic E-state index is 14.0. The predicted octanol–water partition coefficient (Wildman–Crippen LogP) is 4.35. The van der Waals surface area contributed by atoms with Gasteiger partial charge in [0.2, 0.25) is 5.91 Å². The molecule has 2 aromatic carbocycles. The van der Waals surface area contributed by atoms with Crippen LogP contribution in [0.4, 0.5) is 11.5 Å². The summed E-state index contributed by atoms with van der Waals surface area (Å²) in [6.45, 7) is 4.41. The number of anilines is 2. The lowest BCUT2D eigenvalue weighted by molar-refractivity contribution is -0.116. The summed E-state index contributed by atoms with van der Waals surface area (Å²) in [6, 6.07) is 13.9. The predicted molar refractivity (Wildman–Crippen MR) is 183 cm³/mol. The molecule has 3 aromatic heterocycles. The Labute approximate surface area is 280 Å². The number of hydrogen-bond donors (Lipinski definition) is 3. The maximum Gasteiger partial charge on any atom is 0.263 e. The molecule has 2 amide bonds. The molecule has 1 aliphatic heterocycles. The fourth-order valence-electron chi connectivity index (χ4n) is 5.95. The van der Waals surface area contributed by atoms with Crippen molar-refractivity contribution in [3.63, 3.8) is 0 Å². The lowest BCUT2D eigenvalue weighted by Gasteiger charge is -2.39. The second-order valence-corrected chi connectivity index (χ2v) is 12.4. The minimum Gasteiger partial charge on any atom is -0.506 e. The lowest BCUT2D eigenvalue weighted by Crippen LogP contribution is -2.50. The summed E-state index contributed by atoms with van der Waals surface area (Å²) in [4.78, 5) is 53.4. The van der Waals surface area contributed by atoms with E-state index in [0.29, 0.717) is 34.0 Å². The highest BCUT2D eigenvalue weighted by atomic mass is 35.5. The third-order valence-electron chi connectivity index (χ3n) is 8.32. The molecule has 0 spiro atoms. The molecule has 1 aliphatic rings. The van der Waals surface area contributed by atoms with Crippen LogP contribution < -0.4 is 21.5 Å². The van der Waals surface area contributed by atoms with Gasteiger partial charge in [-0.1, -0.05) is 53.5 Å². The molecule has 1 unspecified atom stereocenters. The summed E-state index contributed by atoms with van der Waals surface area (Å²) in [5.74, 6) is -0.705. The zero-order chi connectivity index (χ0) is 33.6. The number of rotatable bonds is 7. The van der Waals surface area contributed by atoms with Gasteiger partial charge in [-0.3, -0.25) is 19.0 Å². The average Bonchev–Trinajstić information content (AvgIpc) is 3.39. The van der Waals surface area contributed by atoms with E-state index in [1.54, 1.807) is 23.9 Å². The first kappa shape index (κ1) is 32.0. The van der Waals surface area contributed by atoms with Crippen LogP contribution in [0.25, 0.3) is 33.5 Å². The molecule has 1 fully saturated rings. The van der Waals surface area contributed by atoms with Crippen molar-refractivity contribution >= 4 is 57.6 Å². The second-order valence-electron chi connectivity index (χ2n) is 11.6. The summed E-state index contributed by atoms with van der Waals surface area (Å²) < 4.78 is 2.97. The van der Waals surface area contributed by atoms with Crippen LogP contribution in [0.3, 0.4) is 0 Å². The van der Waals surface area contributed by atoms with Gasteiger partial charge in [-0.2, -0.15) is 0 Å². The van der Waals surface area contributed by atoms with Crippen LogP contribution in [0, 0.1) is 0 Å². The molecule has 4 N–H and O–H groups in total. The fraction of sp³-hybridized carbons (Fsp3) is 0.242. The molecule has 0 radical (unpaired) electrons. The number of carbonyl (C=O) groups excluding carboxylic acids is 2. The van der Waals surface area contributed by atoms with Crippen molar-refractivity contribution in [2.45, 2.75) is 19.5 Å². The maximum atomic E-state index is 14.0. The van der Waals surface area contributed by atoms with Crippen molar-refractivity contribution in [2.75, 3.05) is 36.9 Å². The monoisotopic (exact) mass is 674 g/mol. The molecule has 1 atom stereocenters. The molecule has 12 nitrogen and oxygen atoms in total. The van der Waals surface area contributed by atoms with Crippen LogP contribution >= 0.6 is 23.2 Å². The van der Waals surface area contributed by atoms with E-state index in [1.807, 2.05) is 30.3 Å². The van der Waals surface area contributed by atoms with E-state index in [4.69, 9.17) is 33.9 Å². The van der Waals surface area contributed by atoms with Crippen LogP contribution in [0.5, 0.6) is 5.75 Å². The molecule has 0 saturated carbocycles. The second kappa shape index (κ2) is 12.7. The number of nitrogens with one attached hydrogen (secondary N) is 1. The Morgan fingerprint density at radius 1 is 1.06 bits per heavy atom. The number of benzene rings is 2. The van der Waals surface area contributed by atoms with Crippen molar-refractivity contribution < 1.29 is 14.7 Å². The van der Waals surface area contributed by atoms with Crippen molar-refractivity contribution in [3.05, 3.63) is 86.9 Å². The van der Waals surface area contributed by atoms with Crippen molar-refractivity contribution in [1.29, 1.82) is 0 Å². The number of likely N-dealkylation sites (N-methyl/N-ethyl adjacent to an activating group) is 1. The van der Waals surface area contributed by atoms with Gasteiger partial charge in [0.1, 0.15) is 29.6 Å². The Kier molecular flexibility index (Phi) is 8.66. The van der Waals surface area contributed by atoms with Crippen molar-refractivity contribution in [2.24, 2.45) is 12.8 Å². The standard InChI is InChI=1S/C33H32Cl2N8O4/c1-18-15-40(2)9-10-43(18)26-13-25(24(35)14-37-26)38-27(44)17-42-16-22(20-11-21(30(36)46)29(45)23(34)12-20)28-32(42)39-31(41(3)33(28)47)19-7-5-4-6-8-19/h4-8,11-14,16,18,45H,9-10,15,17H2,1-3H3,(H2,36,46)(H,37,38,44). The van der Waals surface area contributed by atoms with Crippen LogP contribution in [-0.4, -0.2) is 73.6 Å². The Bertz CT molecular complexity index is 2100. The molecule has 5 aromatic rings. The van der Waals surface area contributed by atoms with Gasteiger partial charge in [-0.25, -0.2) is 9.97 Å². The number of halogens is 2. The van der Waals surface area contributed by atoms with Gasteiger partial charge in [0.05, 0.1) is 32.9 Å². The van der Waals surface area contributed by atoms with Gasteiger partial charge in [0, 0.05) is 56.1 Å². The molecular weight excluding hydrogens is 643 g/mol. The normalized spacial score (nSPS) is 15.3. The highest BCUT2D eigenvalue weighted by Gasteiger charge is 2.25. The topological polar surface area (TPSA) is 152 Å². The largest absolute Gasteiger partial charge is 0.506 e. The van der Waals surface area contributed by atoms with Crippen molar-refractivity contribution in [1.82, 2.24) is 24.0 Å². The number of fused-ring (bicyclic) bond motifs is 1.